The van der Waals surface area contributed by atoms with E-state index >= 15 is 0 Å². The number of hydrogen-bond acceptors (Lipinski definition) is 7. The van der Waals surface area contributed by atoms with Gasteiger partial charge >= 0.3 is 7.12 Å². The molecular formula is C18H31BN4O3. The molecule has 1 atom stereocenters. The van der Waals surface area contributed by atoms with Gasteiger partial charge in [0.05, 0.1) is 17.8 Å². The second kappa shape index (κ2) is 7.80. The molecule has 0 bridgehead atoms. The summed E-state index contributed by atoms with van der Waals surface area (Å²) >= 11 is 0. The van der Waals surface area contributed by atoms with Crippen molar-refractivity contribution in [2.45, 2.75) is 64.2 Å². The number of nitrogens with zero attached hydrogens (tertiary/aromatic N) is 3. The number of rotatable bonds is 6. The fourth-order valence-corrected chi connectivity index (χ4v) is 3.40. The zero-order chi connectivity index (χ0) is 18.8. The van der Waals surface area contributed by atoms with Crippen molar-refractivity contribution < 1.29 is 14.4 Å². The van der Waals surface area contributed by atoms with Gasteiger partial charge in [-0.2, -0.15) is 0 Å². The molecule has 1 aromatic rings. The second-order valence-electron chi connectivity index (χ2n) is 8.18. The molecule has 0 aliphatic carbocycles. The first-order chi connectivity index (χ1) is 12.3. The van der Waals surface area contributed by atoms with E-state index < -0.39 is 7.12 Å². The van der Waals surface area contributed by atoms with Crippen molar-refractivity contribution in [1.82, 2.24) is 15.3 Å². The van der Waals surface area contributed by atoms with E-state index in [-0.39, 0.29) is 17.8 Å². The minimum Gasteiger partial charge on any atom is -0.399 e. The van der Waals surface area contributed by atoms with Crippen molar-refractivity contribution in [2.24, 2.45) is 0 Å². The standard InChI is InChI=1S/C18H31BN4O3/c1-17(2)18(3,4)26-19(25-17)14-11-21-16(22-12-14)23-9-6-5-7-15(23)13-20-8-10-24/h11-12,15,20,24H,5-10,13H2,1-4H3. The summed E-state index contributed by atoms with van der Waals surface area (Å²) in [4.78, 5) is 11.5. The van der Waals surface area contributed by atoms with Gasteiger partial charge in [-0.15, -0.1) is 0 Å². The van der Waals surface area contributed by atoms with E-state index in [1.165, 1.54) is 6.42 Å². The number of aliphatic hydroxyl groups excluding tert-OH is 1. The van der Waals surface area contributed by atoms with Gasteiger partial charge in [0.1, 0.15) is 0 Å². The summed E-state index contributed by atoms with van der Waals surface area (Å²) in [6, 6.07) is 0.359. The Labute approximate surface area is 156 Å². The van der Waals surface area contributed by atoms with Gasteiger partial charge in [0.2, 0.25) is 5.95 Å². The lowest BCUT2D eigenvalue weighted by Crippen LogP contribution is -2.47. The average Bonchev–Trinajstić information content (AvgIpc) is 2.83. The Morgan fingerprint density at radius 1 is 1.19 bits per heavy atom. The number of hydrogen-bond donors (Lipinski definition) is 2. The van der Waals surface area contributed by atoms with Gasteiger partial charge in [0.25, 0.3) is 0 Å². The molecule has 2 fully saturated rings. The molecule has 1 unspecified atom stereocenters. The molecule has 0 spiro atoms. The predicted molar refractivity (Wildman–Crippen MR) is 103 cm³/mol. The predicted octanol–water partition coefficient (Wildman–Crippen LogP) is 0.717. The van der Waals surface area contributed by atoms with Crippen LogP contribution in [0.2, 0.25) is 0 Å². The summed E-state index contributed by atoms with van der Waals surface area (Å²) < 4.78 is 12.1. The summed E-state index contributed by atoms with van der Waals surface area (Å²) in [5.41, 5.74) is 0.110. The highest BCUT2D eigenvalue weighted by atomic mass is 16.7. The molecule has 8 heteroatoms. The third kappa shape index (κ3) is 4.03. The summed E-state index contributed by atoms with van der Waals surface area (Å²) in [5, 5.41) is 12.3. The quantitative estimate of drug-likeness (QED) is 0.570. The van der Waals surface area contributed by atoms with Crippen molar-refractivity contribution in [2.75, 3.05) is 31.1 Å². The maximum Gasteiger partial charge on any atom is 0.498 e. The highest BCUT2D eigenvalue weighted by Gasteiger charge is 2.52. The van der Waals surface area contributed by atoms with Crippen molar-refractivity contribution in [1.29, 1.82) is 0 Å². The molecule has 0 aromatic carbocycles. The number of piperidine rings is 1. The summed E-state index contributed by atoms with van der Waals surface area (Å²) in [6.07, 6.45) is 7.11. The zero-order valence-corrected chi connectivity index (χ0v) is 16.4. The first-order valence-electron chi connectivity index (χ1n) is 9.60. The smallest absolute Gasteiger partial charge is 0.399 e. The number of aromatic nitrogens is 2. The lowest BCUT2D eigenvalue weighted by Gasteiger charge is -2.36. The molecule has 144 valence electrons. The Bertz CT molecular complexity index is 581. The Balaban J connectivity index is 1.68. The summed E-state index contributed by atoms with van der Waals surface area (Å²) in [6.45, 7) is 10.7. The van der Waals surface area contributed by atoms with E-state index in [2.05, 4.69) is 20.2 Å². The second-order valence-corrected chi connectivity index (χ2v) is 8.18. The fraction of sp³-hybridized carbons (Fsp3) is 0.778. The van der Waals surface area contributed by atoms with Gasteiger partial charge in [0.15, 0.2) is 0 Å². The Morgan fingerprint density at radius 3 is 2.46 bits per heavy atom. The third-order valence-corrected chi connectivity index (χ3v) is 5.74. The van der Waals surface area contributed by atoms with E-state index in [0.717, 1.165) is 37.3 Å². The molecule has 26 heavy (non-hydrogen) atoms. The van der Waals surface area contributed by atoms with Gasteiger partial charge in [-0.25, -0.2) is 9.97 Å². The first kappa shape index (κ1) is 19.5. The van der Waals surface area contributed by atoms with Crippen LogP contribution in [-0.4, -0.2) is 65.7 Å². The first-order valence-corrected chi connectivity index (χ1v) is 9.60. The molecule has 0 radical (unpaired) electrons. The molecule has 2 aliphatic rings. The van der Waals surface area contributed by atoms with Gasteiger partial charge in [0, 0.05) is 43.5 Å². The molecule has 7 nitrogen and oxygen atoms in total. The molecule has 3 rings (SSSR count). The van der Waals surface area contributed by atoms with Gasteiger partial charge in [-0.1, -0.05) is 0 Å². The minimum absolute atomic E-state index is 0.159. The van der Waals surface area contributed by atoms with Crippen LogP contribution in [0.3, 0.4) is 0 Å². The Morgan fingerprint density at radius 2 is 1.85 bits per heavy atom. The van der Waals surface area contributed by atoms with Crippen LogP contribution in [0.4, 0.5) is 5.95 Å². The van der Waals surface area contributed by atoms with Crippen molar-refractivity contribution >= 4 is 18.5 Å². The Kier molecular flexibility index (Phi) is 5.86. The van der Waals surface area contributed by atoms with Crippen molar-refractivity contribution in [3.8, 4) is 0 Å². The number of aliphatic hydroxyl groups is 1. The summed E-state index contributed by atoms with van der Waals surface area (Å²) in [5.74, 6) is 0.751. The van der Waals surface area contributed by atoms with Crippen LogP contribution >= 0.6 is 0 Å². The summed E-state index contributed by atoms with van der Waals surface area (Å²) in [7, 11) is -0.433. The Hall–Kier alpha value is -1.22. The van der Waals surface area contributed by atoms with Gasteiger partial charge in [-0.3, -0.25) is 0 Å². The largest absolute Gasteiger partial charge is 0.498 e. The van der Waals surface area contributed by atoms with Crippen LogP contribution in [0.25, 0.3) is 0 Å². The topological polar surface area (TPSA) is 79.7 Å². The highest BCUT2D eigenvalue weighted by Crippen LogP contribution is 2.36. The molecule has 0 saturated carbocycles. The molecule has 0 amide bonds. The number of anilines is 1. The van der Waals surface area contributed by atoms with E-state index in [1.807, 2.05) is 40.1 Å². The van der Waals surface area contributed by atoms with Crippen molar-refractivity contribution in [3.05, 3.63) is 12.4 Å². The highest BCUT2D eigenvalue weighted by molar-refractivity contribution is 6.61. The minimum atomic E-state index is -0.433. The lowest BCUT2D eigenvalue weighted by atomic mass is 9.81. The van der Waals surface area contributed by atoms with Gasteiger partial charge < -0.3 is 24.6 Å². The fourth-order valence-electron chi connectivity index (χ4n) is 3.40. The lowest BCUT2D eigenvalue weighted by molar-refractivity contribution is 0.00578. The zero-order valence-electron chi connectivity index (χ0n) is 16.4. The molecule has 2 aliphatic heterocycles. The number of nitrogens with one attached hydrogen (secondary N) is 1. The van der Waals surface area contributed by atoms with Crippen LogP contribution in [0, 0.1) is 0 Å². The molecule has 2 N–H and O–H groups in total. The monoisotopic (exact) mass is 362 g/mol. The molecule has 1 aromatic heterocycles. The van der Waals surface area contributed by atoms with E-state index in [0.29, 0.717) is 12.6 Å². The molecule has 2 saturated heterocycles. The van der Waals surface area contributed by atoms with E-state index in [1.54, 1.807) is 0 Å². The van der Waals surface area contributed by atoms with Crippen LogP contribution in [-0.2, 0) is 9.31 Å². The normalized spacial score (nSPS) is 24.9. The van der Waals surface area contributed by atoms with Crippen LogP contribution in [0.5, 0.6) is 0 Å². The van der Waals surface area contributed by atoms with Crippen LogP contribution in [0.1, 0.15) is 47.0 Å². The SMILES string of the molecule is CC1(C)OB(c2cnc(N3CCCCC3CNCCO)nc2)OC1(C)C. The average molecular weight is 362 g/mol. The maximum absolute atomic E-state index is 8.96. The maximum atomic E-state index is 8.96. The van der Waals surface area contributed by atoms with Gasteiger partial charge in [-0.05, 0) is 47.0 Å². The van der Waals surface area contributed by atoms with E-state index in [9.17, 15) is 0 Å². The van der Waals surface area contributed by atoms with Crippen molar-refractivity contribution in [3.63, 3.8) is 0 Å². The van der Waals surface area contributed by atoms with Crippen LogP contribution < -0.4 is 15.7 Å². The van der Waals surface area contributed by atoms with E-state index in [4.69, 9.17) is 14.4 Å². The van der Waals surface area contributed by atoms with Crippen LogP contribution in [0.15, 0.2) is 12.4 Å². The molecule has 3 heterocycles. The molecular weight excluding hydrogens is 331 g/mol. The third-order valence-electron chi connectivity index (χ3n) is 5.74.